The van der Waals surface area contributed by atoms with Gasteiger partial charge in [0.25, 0.3) is 0 Å². The highest BCUT2D eigenvalue weighted by molar-refractivity contribution is 7.88. The summed E-state index contributed by atoms with van der Waals surface area (Å²) < 4.78 is 24.5. The predicted octanol–water partition coefficient (Wildman–Crippen LogP) is 2.14. The summed E-state index contributed by atoms with van der Waals surface area (Å²) in [6.45, 7) is 0.331. The van der Waals surface area contributed by atoms with E-state index in [-0.39, 0.29) is 5.56 Å². The molecular weight excluding hydrogens is 302 g/mol. The molecule has 2 aromatic carbocycles. The predicted molar refractivity (Wildman–Crippen MR) is 85.4 cm³/mol. The fraction of sp³-hybridized carbons (Fsp3) is 0.188. The molecule has 5 nitrogen and oxygen atoms in total. The molecule has 2 rings (SSSR count). The molecule has 0 heterocycles. The van der Waals surface area contributed by atoms with Crippen LogP contribution in [0.1, 0.15) is 15.9 Å². The van der Waals surface area contributed by atoms with Gasteiger partial charge in [-0.25, -0.2) is 17.9 Å². The van der Waals surface area contributed by atoms with Crippen LogP contribution in [0.5, 0.6) is 0 Å². The minimum absolute atomic E-state index is 0.238. The van der Waals surface area contributed by atoms with E-state index in [2.05, 4.69) is 4.72 Å². The van der Waals surface area contributed by atoms with E-state index in [1.165, 1.54) is 0 Å². The molecular formula is C16H17NO4S. The molecule has 0 radical (unpaired) electrons. The van der Waals surface area contributed by atoms with Crippen molar-refractivity contribution in [2.75, 3.05) is 12.8 Å². The highest BCUT2D eigenvalue weighted by atomic mass is 32.2. The smallest absolute Gasteiger partial charge is 0.335 e. The van der Waals surface area contributed by atoms with Crippen LogP contribution in [0.3, 0.4) is 0 Å². The Balaban J connectivity index is 2.18. The van der Waals surface area contributed by atoms with Gasteiger partial charge in [0.2, 0.25) is 10.0 Å². The molecule has 0 amide bonds. The van der Waals surface area contributed by atoms with Gasteiger partial charge in [-0.15, -0.1) is 0 Å². The van der Waals surface area contributed by atoms with Crippen molar-refractivity contribution in [3.05, 3.63) is 59.7 Å². The van der Waals surface area contributed by atoms with Crippen LogP contribution in [-0.2, 0) is 16.4 Å². The summed E-state index contributed by atoms with van der Waals surface area (Å²) in [5.41, 5.74) is 2.94. The lowest BCUT2D eigenvalue weighted by molar-refractivity contribution is 0.0697. The van der Waals surface area contributed by atoms with Gasteiger partial charge in [0, 0.05) is 6.54 Å². The van der Waals surface area contributed by atoms with Gasteiger partial charge in [-0.2, -0.15) is 0 Å². The van der Waals surface area contributed by atoms with Crippen LogP contribution in [0.15, 0.2) is 48.5 Å². The number of rotatable bonds is 6. The van der Waals surface area contributed by atoms with Gasteiger partial charge in [0.15, 0.2) is 0 Å². The van der Waals surface area contributed by atoms with Crippen molar-refractivity contribution in [2.24, 2.45) is 0 Å². The van der Waals surface area contributed by atoms with Crippen LogP contribution < -0.4 is 4.72 Å². The SMILES string of the molecule is CS(=O)(=O)NCCc1cccc(-c2cccc(C(=O)O)c2)c1. The maximum absolute atomic E-state index is 11.0. The second-order valence-corrected chi connectivity index (χ2v) is 6.84. The second-order valence-electron chi connectivity index (χ2n) is 5.00. The van der Waals surface area contributed by atoms with Gasteiger partial charge in [-0.3, -0.25) is 0 Å². The fourth-order valence-corrected chi connectivity index (χ4v) is 2.59. The van der Waals surface area contributed by atoms with Crippen LogP contribution in [0, 0.1) is 0 Å². The zero-order valence-electron chi connectivity index (χ0n) is 12.1. The maximum Gasteiger partial charge on any atom is 0.335 e. The third-order valence-electron chi connectivity index (χ3n) is 3.15. The first-order valence-electron chi connectivity index (χ1n) is 6.72. The van der Waals surface area contributed by atoms with Crippen LogP contribution in [-0.4, -0.2) is 32.3 Å². The van der Waals surface area contributed by atoms with Gasteiger partial charge < -0.3 is 5.11 Å². The maximum atomic E-state index is 11.0. The second kappa shape index (κ2) is 6.72. The van der Waals surface area contributed by atoms with E-state index in [1.54, 1.807) is 18.2 Å². The van der Waals surface area contributed by atoms with E-state index in [1.807, 2.05) is 30.3 Å². The van der Waals surface area contributed by atoms with Crippen LogP contribution >= 0.6 is 0 Å². The number of hydrogen-bond donors (Lipinski definition) is 2. The normalized spacial score (nSPS) is 11.3. The van der Waals surface area contributed by atoms with Crippen molar-refractivity contribution >= 4 is 16.0 Å². The molecule has 2 aromatic rings. The molecule has 6 heteroatoms. The van der Waals surface area contributed by atoms with Crippen LogP contribution in [0.4, 0.5) is 0 Å². The number of carboxylic acids is 1. The molecule has 0 fully saturated rings. The Morgan fingerprint density at radius 2 is 1.73 bits per heavy atom. The van der Waals surface area contributed by atoms with Crippen molar-refractivity contribution in [1.29, 1.82) is 0 Å². The summed E-state index contributed by atoms with van der Waals surface area (Å²) in [7, 11) is -3.19. The standard InChI is InChI=1S/C16H17NO4S/c1-22(20,21)17-9-8-12-4-2-5-13(10-12)14-6-3-7-15(11-14)16(18)19/h2-7,10-11,17H,8-9H2,1H3,(H,18,19). The molecule has 0 atom stereocenters. The summed E-state index contributed by atoms with van der Waals surface area (Å²) >= 11 is 0. The first kappa shape index (κ1) is 16.2. The van der Waals surface area contributed by atoms with Gasteiger partial charge in [0.05, 0.1) is 11.8 Å². The largest absolute Gasteiger partial charge is 0.478 e. The molecule has 0 saturated carbocycles. The first-order valence-corrected chi connectivity index (χ1v) is 8.61. The van der Waals surface area contributed by atoms with Crippen LogP contribution in [0.2, 0.25) is 0 Å². The molecule has 0 aliphatic carbocycles. The lowest BCUT2D eigenvalue weighted by atomic mass is 10.00. The summed E-state index contributed by atoms with van der Waals surface area (Å²) in [6.07, 6.45) is 1.69. The Hall–Kier alpha value is -2.18. The monoisotopic (exact) mass is 319 g/mol. The number of carbonyl (C=O) groups is 1. The highest BCUT2D eigenvalue weighted by Gasteiger charge is 2.06. The molecule has 0 bridgehead atoms. The zero-order valence-corrected chi connectivity index (χ0v) is 12.9. The third kappa shape index (κ3) is 4.68. The molecule has 0 aromatic heterocycles. The number of sulfonamides is 1. The van der Waals surface area contributed by atoms with Crippen molar-refractivity contribution < 1.29 is 18.3 Å². The summed E-state index contributed by atoms with van der Waals surface area (Å²) in [5, 5.41) is 9.04. The van der Waals surface area contributed by atoms with E-state index in [4.69, 9.17) is 5.11 Å². The molecule has 116 valence electrons. The van der Waals surface area contributed by atoms with E-state index in [0.717, 1.165) is 22.9 Å². The van der Waals surface area contributed by atoms with Crippen LogP contribution in [0.25, 0.3) is 11.1 Å². The first-order chi connectivity index (χ1) is 10.3. The van der Waals surface area contributed by atoms with E-state index in [9.17, 15) is 13.2 Å². The summed E-state index contributed by atoms with van der Waals surface area (Å²) in [6, 6.07) is 14.3. The minimum atomic E-state index is -3.19. The Labute approximate surface area is 129 Å². The molecule has 0 aliphatic heterocycles. The third-order valence-corrected chi connectivity index (χ3v) is 3.88. The Morgan fingerprint density at radius 1 is 1.09 bits per heavy atom. The Bertz CT molecular complexity index is 784. The topological polar surface area (TPSA) is 83.5 Å². The molecule has 0 saturated heterocycles. The molecule has 2 N–H and O–H groups in total. The van der Waals surface area contributed by atoms with Gasteiger partial charge in [-0.05, 0) is 35.2 Å². The lowest BCUT2D eigenvalue weighted by Gasteiger charge is -2.07. The number of carboxylic acid groups (broad SMARTS) is 1. The molecule has 0 unspecified atom stereocenters. The average molecular weight is 319 g/mol. The lowest BCUT2D eigenvalue weighted by Crippen LogP contribution is -2.24. The Kier molecular flexibility index (Phi) is 4.95. The highest BCUT2D eigenvalue weighted by Crippen LogP contribution is 2.22. The number of nitrogens with one attached hydrogen (secondary N) is 1. The Morgan fingerprint density at radius 3 is 2.36 bits per heavy atom. The number of benzene rings is 2. The minimum Gasteiger partial charge on any atom is -0.478 e. The number of hydrogen-bond acceptors (Lipinski definition) is 3. The zero-order chi connectivity index (χ0) is 16.2. The number of aromatic carboxylic acids is 1. The quantitative estimate of drug-likeness (QED) is 0.854. The van der Waals surface area contributed by atoms with Crippen molar-refractivity contribution in [3.63, 3.8) is 0 Å². The van der Waals surface area contributed by atoms with Crippen molar-refractivity contribution in [2.45, 2.75) is 6.42 Å². The molecule has 0 spiro atoms. The molecule has 0 aliphatic rings. The van der Waals surface area contributed by atoms with E-state index in [0.29, 0.717) is 13.0 Å². The fourth-order valence-electron chi connectivity index (χ4n) is 2.12. The van der Waals surface area contributed by atoms with Crippen molar-refractivity contribution in [1.82, 2.24) is 4.72 Å². The van der Waals surface area contributed by atoms with E-state index < -0.39 is 16.0 Å². The van der Waals surface area contributed by atoms with E-state index >= 15 is 0 Å². The van der Waals surface area contributed by atoms with Gasteiger partial charge in [0.1, 0.15) is 0 Å². The van der Waals surface area contributed by atoms with Gasteiger partial charge in [-0.1, -0.05) is 36.4 Å². The van der Waals surface area contributed by atoms with Gasteiger partial charge >= 0.3 is 5.97 Å². The molecule has 22 heavy (non-hydrogen) atoms. The summed E-state index contributed by atoms with van der Waals surface area (Å²) in [4.78, 5) is 11.0. The van der Waals surface area contributed by atoms with Crippen molar-refractivity contribution in [3.8, 4) is 11.1 Å². The summed E-state index contributed by atoms with van der Waals surface area (Å²) in [5.74, 6) is -0.963. The average Bonchev–Trinajstić information content (AvgIpc) is 2.46.